The monoisotopic (exact) mass is 442 g/mol. The summed E-state index contributed by atoms with van der Waals surface area (Å²) in [5.41, 5.74) is 4.04. The van der Waals surface area contributed by atoms with Crippen molar-refractivity contribution in [2.45, 2.75) is 38.1 Å². The van der Waals surface area contributed by atoms with Crippen molar-refractivity contribution in [1.82, 2.24) is 19.4 Å². The highest BCUT2D eigenvalue weighted by Gasteiger charge is 2.24. The highest BCUT2D eigenvalue weighted by atomic mass is 32.2. The minimum absolute atomic E-state index is 0.0854. The molecule has 7 nitrogen and oxygen atoms in total. The number of ether oxygens (including phenoxy) is 1. The molecule has 0 saturated heterocycles. The van der Waals surface area contributed by atoms with E-state index in [1.54, 1.807) is 10.8 Å². The predicted molar refractivity (Wildman–Crippen MR) is 120 cm³/mol. The quantitative estimate of drug-likeness (QED) is 0.454. The number of nitrogens with zero attached hydrogens (tertiary/aromatic N) is 4. The molecule has 0 aliphatic carbocycles. The van der Waals surface area contributed by atoms with Crippen LogP contribution in [0.15, 0.2) is 60.0 Å². The van der Waals surface area contributed by atoms with Crippen molar-refractivity contribution in [3.8, 4) is 0 Å². The first-order valence-electron chi connectivity index (χ1n) is 10.3. The first kappa shape index (κ1) is 23.1. The summed E-state index contributed by atoms with van der Waals surface area (Å²) in [4.78, 5) is 10.9. The number of pyridine rings is 1. The maximum Gasteiger partial charge on any atom is 0.228 e. The topological polar surface area (TPSA) is 77.3 Å². The fourth-order valence-electron chi connectivity index (χ4n) is 3.35. The first-order valence-corrected chi connectivity index (χ1v) is 12.0. The molecule has 0 saturated carbocycles. The Morgan fingerprint density at radius 3 is 2.42 bits per heavy atom. The van der Waals surface area contributed by atoms with Gasteiger partial charge in [-0.1, -0.05) is 43.3 Å². The lowest BCUT2D eigenvalue weighted by molar-refractivity contribution is 0.217. The molecule has 2 heterocycles. The number of hydrogen-bond donors (Lipinski definition) is 0. The largest absolute Gasteiger partial charge is 0.384 e. The van der Waals surface area contributed by atoms with Crippen LogP contribution in [0.4, 0.5) is 0 Å². The zero-order chi connectivity index (χ0) is 22.3. The van der Waals surface area contributed by atoms with E-state index in [0.717, 1.165) is 23.4 Å². The van der Waals surface area contributed by atoms with Gasteiger partial charge < -0.3 is 9.30 Å². The third-order valence-corrected chi connectivity index (χ3v) is 6.66. The van der Waals surface area contributed by atoms with Crippen LogP contribution in [-0.4, -0.2) is 54.4 Å². The standard InChI is InChI=1S/C23H30N4O3S/c1-4-19-10-11-21(24-14-19)17-26(2)18-22-15-25-23(31(28,29)13-12-30-3)27(22)16-20-8-6-5-7-9-20/h5-11,14-15H,4,12-13,16-18H2,1-3H3. The van der Waals surface area contributed by atoms with Crippen LogP contribution in [0.3, 0.4) is 0 Å². The summed E-state index contributed by atoms with van der Waals surface area (Å²) in [6.07, 6.45) is 4.53. The van der Waals surface area contributed by atoms with Crippen LogP contribution in [0.1, 0.15) is 29.4 Å². The number of rotatable bonds is 11. The van der Waals surface area contributed by atoms with Crippen LogP contribution < -0.4 is 0 Å². The molecule has 166 valence electrons. The Bertz CT molecular complexity index is 1060. The Morgan fingerprint density at radius 1 is 1.00 bits per heavy atom. The summed E-state index contributed by atoms with van der Waals surface area (Å²) >= 11 is 0. The van der Waals surface area contributed by atoms with Crippen LogP contribution in [-0.2, 0) is 40.6 Å². The molecule has 0 radical (unpaired) electrons. The third-order valence-electron chi connectivity index (χ3n) is 5.08. The van der Waals surface area contributed by atoms with Gasteiger partial charge in [0.25, 0.3) is 0 Å². The minimum Gasteiger partial charge on any atom is -0.384 e. The second-order valence-corrected chi connectivity index (χ2v) is 9.60. The number of hydrogen-bond acceptors (Lipinski definition) is 6. The lowest BCUT2D eigenvalue weighted by atomic mass is 10.2. The van der Waals surface area contributed by atoms with Crippen molar-refractivity contribution in [2.24, 2.45) is 0 Å². The van der Waals surface area contributed by atoms with Crippen LogP contribution >= 0.6 is 0 Å². The highest BCUT2D eigenvalue weighted by molar-refractivity contribution is 7.91. The van der Waals surface area contributed by atoms with Gasteiger partial charge in [0, 0.05) is 26.4 Å². The number of imidazole rings is 1. The number of aryl methyl sites for hydroxylation is 1. The van der Waals surface area contributed by atoms with Crippen LogP contribution in [0.25, 0.3) is 0 Å². The third kappa shape index (κ3) is 6.22. The molecule has 0 bridgehead atoms. The SMILES string of the molecule is CCc1ccc(CN(C)Cc2cnc(S(=O)(=O)CCOC)n2Cc2ccccc2)nc1. The van der Waals surface area contributed by atoms with E-state index in [-0.39, 0.29) is 17.5 Å². The zero-order valence-electron chi connectivity index (χ0n) is 18.4. The number of benzene rings is 1. The van der Waals surface area contributed by atoms with Crippen LogP contribution in [0, 0.1) is 0 Å². The molecule has 0 spiro atoms. The Labute approximate surface area is 184 Å². The minimum atomic E-state index is -3.56. The van der Waals surface area contributed by atoms with Gasteiger partial charge in [-0.05, 0) is 30.7 Å². The Balaban J connectivity index is 1.84. The van der Waals surface area contributed by atoms with Gasteiger partial charge in [0.05, 0.1) is 36.5 Å². The van der Waals surface area contributed by atoms with Crippen molar-refractivity contribution in [2.75, 3.05) is 26.5 Å². The summed E-state index contributed by atoms with van der Waals surface area (Å²) in [5.74, 6) is -0.0989. The second-order valence-electron chi connectivity index (χ2n) is 7.60. The van der Waals surface area contributed by atoms with E-state index in [0.29, 0.717) is 19.6 Å². The summed E-state index contributed by atoms with van der Waals surface area (Å²) in [7, 11) is -0.0708. The molecule has 8 heteroatoms. The highest BCUT2D eigenvalue weighted by Crippen LogP contribution is 2.18. The number of methoxy groups -OCH3 is 1. The van der Waals surface area contributed by atoms with Gasteiger partial charge in [-0.2, -0.15) is 0 Å². The van der Waals surface area contributed by atoms with E-state index in [1.165, 1.54) is 12.7 Å². The molecular formula is C23H30N4O3S. The molecular weight excluding hydrogens is 412 g/mol. The molecule has 31 heavy (non-hydrogen) atoms. The number of sulfone groups is 1. The molecule has 0 N–H and O–H groups in total. The summed E-state index contributed by atoms with van der Waals surface area (Å²) in [6, 6.07) is 13.9. The van der Waals surface area contributed by atoms with E-state index in [2.05, 4.69) is 27.9 Å². The van der Waals surface area contributed by atoms with Crippen LogP contribution in [0.5, 0.6) is 0 Å². The van der Waals surface area contributed by atoms with Gasteiger partial charge in [-0.3, -0.25) is 9.88 Å². The zero-order valence-corrected chi connectivity index (χ0v) is 19.2. The van der Waals surface area contributed by atoms with Crippen molar-refractivity contribution < 1.29 is 13.2 Å². The normalized spacial score (nSPS) is 11.9. The maximum atomic E-state index is 12.9. The van der Waals surface area contributed by atoms with Gasteiger partial charge in [0.15, 0.2) is 0 Å². The van der Waals surface area contributed by atoms with Crippen LogP contribution in [0.2, 0.25) is 0 Å². The molecule has 1 aromatic carbocycles. The molecule has 0 amide bonds. The molecule has 0 aliphatic rings. The molecule has 2 aromatic heterocycles. The molecule has 0 aliphatic heterocycles. The second kappa shape index (κ2) is 10.7. The van der Waals surface area contributed by atoms with E-state index < -0.39 is 9.84 Å². The summed E-state index contributed by atoms with van der Waals surface area (Å²) < 4.78 is 32.5. The molecule has 0 unspecified atom stereocenters. The Morgan fingerprint density at radius 2 is 1.77 bits per heavy atom. The summed E-state index contributed by atoms with van der Waals surface area (Å²) in [6.45, 7) is 3.89. The number of aromatic nitrogens is 3. The van der Waals surface area contributed by atoms with Gasteiger partial charge >= 0.3 is 0 Å². The Hall–Kier alpha value is -2.55. The summed E-state index contributed by atoms with van der Waals surface area (Å²) in [5, 5.41) is 0.0854. The van der Waals surface area contributed by atoms with Crippen molar-refractivity contribution >= 4 is 9.84 Å². The lowest BCUT2D eigenvalue weighted by Crippen LogP contribution is -2.22. The maximum absolute atomic E-state index is 12.9. The van der Waals surface area contributed by atoms with E-state index in [9.17, 15) is 8.42 Å². The fourth-order valence-corrected chi connectivity index (χ4v) is 4.65. The average Bonchev–Trinajstić information content (AvgIpc) is 3.16. The smallest absolute Gasteiger partial charge is 0.228 e. The van der Waals surface area contributed by atoms with Crippen molar-refractivity contribution in [3.63, 3.8) is 0 Å². The predicted octanol–water partition coefficient (Wildman–Crippen LogP) is 2.94. The Kier molecular flexibility index (Phi) is 7.95. The van der Waals surface area contributed by atoms with Crippen molar-refractivity contribution in [1.29, 1.82) is 0 Å². The molecule has 0 atom stereocenters. The fraction of sp³-hybridized carbons (Fsp3) is 0.391. The van der Waals surface area contributed by atoms with E-state index in [4.69, 9.17) is 4.74 Å². The van der Waals surface area contributed by atoms with E-state index >= 15 is 0 Å². The van der Waals surface area contributed by atoms with Gasteiger partial charge in [0.2, 0.25) is 15.0 Å². The van der Waals surface area contributed by atoms with Gasteiger partial charge in [-0.25, -0.2) is 13.4 Å². The lowest BCUT2D eigenvalue weighted by Gasteiger charge is -2.19. The molecule has 3 aromatic rings. The van der Waals surface area contributed by atoms with Crippen molar-refractivity contribution in [3.05, 3.63) is 77.4 Å². The van der Waals surface area contributed by atoms with Gasteiger partial charge in [0.1, 0.15) is 0 Å². The first-order chi connectivity index (χ1) is 14.9. The van der Waals surface area contributed by atoms with Gasteiger partial charge in [-0.15, -0.1) is 0 Å². The van der Waals surface area contributed by atoms with E-state index in [1.807, 2.05) is 49.6 Å². The molecule has 3 rings (SSSR count). The average molecular weight is 443 g/mol. The molecule has 0 fully saturated rings.